The van der Waals surface area contributed by atoms with Crippen molar-refractivity contribution in [2.75, 3.05) is 11.9 Å². The molecule has 0 saturated heterocycles. The summed E-state index contributed by atoms with van der Waals surface area (Å²) in [5.74, 6) is 0.786. The summed E-state index contributed by atoms with van der Waals surface area (Å²) < 4.78 is 1.05. The van der Waals surface area contributed by atoms with Gasteiger partial charge in [-0.3, -0.25) is 0 Å². The van der Waals surface area contributed by atoms with Crippen LogP contribution in [0.15, 0.2) is 40.9 Å². The first-order valence-electron chi connectivity index (χ1n) is 5.82. The fourth-order valence-corrected chi connectivity index (χ4v) is 2.40. The largest absolute Gasteiger partial charge is 0.390 e. The maximum atomic E-state index is 9.18. The van der Waals surface area contributed by atoms with Gasteiger partial charge in [0, 0.05) is 18.1 Å². The van der Waals surface area contributed by atoms with Crippen LogP contribution >= 0.6 is 27.5 Å². The Labute approximate surface area is 126 Å². The third-order valence-corrected chi connectivity index (χ3v) is 3.59. The molecule has 5 heteroatoms. The lowest BCUT2D eigenvalue weighted by molar-refractivity contribution is 0.277. The van der Waals surface area contributed by atoms with E-state index in [1.54, 1.807) is 6.07 Å². The summed E-state index contributed by atoms with van der Waals surface area (Å²) in [4.78, 5) is 6.35. The van der Waals surface area contributed by atoms with E-state index in [1.807, 2.05) is 30.1 Å². The van der Waals surface area contributed by atoms with E-state index in [2.05, 4.69) is 33.0 Å². The van der Waals surface area contributed by atoms with Gasteiger partial charge in [-0.25, -0.2) is 4.98 Å². The molecule has 100 valence electrons. The van der Waals surface area contributed by atoms with E-state index in [0.29, 0.717) is 10.7 Å². The Kier molecular flexibility index (Phi) is 4.80. The zero-order valence-corrected chi connectivity index (χ0v) is 12.8. The molecule has 1 aromatic carbocycles. The minimum Gasteiger partial charge on any atom is -0.390 e. The van der Waals surface area contributed by atoms with Gasteiger partial charge in [0.25, 0.3) is 0 Å². The van der Waals surface area contributed by atoms with Gasteiger partial charge in [0.1, 0.15) is 5.82 Å². The highest BCUT2D eigenvalue weighted by atomic mass is 79.9. The fraction of sp³-hybridized carbons (Fsp3) is 0.214. The molecule has 1 aromatic heterocycles. The summed E-state index contributed by atoms with van der Waals surface area (Å²) >= 11 is 9.39. The summed E-state index contributed by atoms with van der Waals surface area (Å²) in [5.41, 5.74) is 1.68. The summed E-state index contributed by atoms with van der Waals surface area (Å²) in [6, 6.07) is 11.7. The Hall–Kier alpha value is -1.10. The number of hydrogen-bond donors (Lipinski definition) is 1. The van der Waals surface area contributed by atoms with Gasteiger partial charge in [-0.05, 0) is 29.8 Å². The highest BCUT2D eigenvalue weighted by Crippen LogP contribution is 2.20. The first-order valence-corrected chi connectivity index (χ1v) is 6.99. The van der Waals surface area contributed by atoms with Gasteiger partial charge in [-0.15, -0.1) is 0 Å². The van der Waals surface area contributed by atoms with E-state index in [9.17, 15) is 5.11 Å². The Morgan fingerprint density at radius 3 is 2.79 bits per heavy atom. The molecule has 0 spiro atoms. The van der Waals surface area contributed by atoms with E-state index in [0.717, 1.165) is 16.8 Å². The molecule has 0 atom stereocenters. The van der Waals surface area contributed by atoms with Gasteiger partial charge in [0.05, 0.1) is 17.3 Å². The third kappa shape index (κ3) is 3.69. The first kappa shape index (κ1) is 14.3. The standard InChI is InChI=1S/C14H14BrClN2O/c1-18(8-10-3-2-4-11(15)7-10)14-6-5-12(16)13(9-19)17-14/h2-7,19H,8-9H2,1H3. The molecule has 1 heterocycles. The molecule has 0 radical (unpaired) electrons. The van der Waals surface area contributed by atoms with Crippen LogP contribution in [0, 0.1) is 0 Å². The number of pyridine rings is 1. The number of anilines is 1. The molecule has 0 aliphatic rings. The van der Waals surface area contributed by atoms with Crippen LogP contribution < -0.4 is 4.90 Å². The molecule has 0 aliphatic heterocycles. The normalized spacial score (nSPS) is 10.5. The fourth-order valence-electron chi connectivity index (χ4n) is 1.79. The lowest BCUT2D eigenvalue weighted by atomic mass is 10.2. The molecule has 0 aliphatic carbocycles. The van der Waals surface area contributed by atoms with Crippen LogP contribution in [0.3, 0.4) is 0 Å². The Morgan fingerprint density at radius 1 is 1.32 bits per heavy atom. The quantitative estimate of drug-likeness (QED) is 0.922. The first-order chi connectivity index (χ1) is 9.10. The summed E-state index contributed by atoms with van der Waals surface area (Å²) in [6.07, 6.45) is 0. The third-order valence-electron chi connectivity index (χ3n) is 2.75. The van der Waals surface area contributed by atoms with Crippen molar-refractivity contribution in [2.45, 2.75) is 13.2 Å². The lowest BCUT2D eigenvalue weighted by Crippen LogP contribution is -2.18. The van der Waals surface area contributed by atoms with E-state index in [1.165, 1.54) is 5.56 Å². The molecule has 1 N–H and O–H groups in total. The molecule has 0 saturated carbocycles. The molecular formula is C14H14BrClN2O. The zero-order chi connectivity index (χ0) is 13.8. The van der Waals surface area contributed by atoms with Gasteiger partial charge >= 0.3 is 0 Å². The van der Waals surface area contributed by atoms with E-state index in [4.69, 9.17) is 11.6 Å². The molecule has 2 rings (SSSR count). The molecule has 0 fully saturated rings. The highest BCUT2D eigenvalue weighted by molar-refractivity contribution is 9.10. The van der Waals surface area contributed by atoms with E-state index >= 15 is 0 Å². The van der Waals surface area contributed by atoms with Crippen LogP contribution in [-0.4, -0.2) is 17.1 Å². The van der Waals surface area contributed by atoms with Crippen molar-refractivity contribution in [1.82, 2.24) is 4.98 Å². The highest BCUT2D eigenvalue weighted by Gasteiger charge is 2.07. The second-order valence-corrected chi connectivity index (χ2v) is 5.56. The molecule has 3 nitrogen and oxygen atoms in total. The minimum absolute atomic E-state index is 0.155. The van der Waals surface area contributed by atoms with Gasteiger partial charge in [-0.1, -0.05) is 39.7 Å². The van der Waals surface area contributed by atoms with Crippen molar-refractivity contribution in [3.63, 3.8) is 0 Å². The molecule has 0 amide bonds. The topological polar surface area (TPSA) is 36.4 Å². The average molecular weight is 342 g/mol. The number of halogens is 2. The smallest absolute Gasteiger partial charge is 0.129 e. The van der Waals surface area contributed by atoms with Crippen molar-refractivity contribution in [1.29, 1.82) is 0 Å². The van der Waals surface area contributed by atoms with E-state index in [-0.39, 0.29) is 6.61 Å². The molecule has 0 unspecified atom stereocenters. The number of rotatable bonds is 4. The number of aliphatic hydroxyl groups is 1. The van der Waals surface area contributed by atoms with Crippen LogP contribution in [-0.2, 0) is 13.2 Å². The maximum absolute atomic E-state index is 9.18. The Balaban J connectivity index is 2.18. The summed E-state index contributed by atoms with van der Waals surface area (Å²) in [5, 5.41) is 9.67. The lowest BCUT2D eigenvalue weighted by Gasteiger charge is -2.19. The predicted octanol–water partition coefficient (Wildman–Crippen LogP) is 3.63. The molecular weight excluding hydrogens is 328 g/mol. The van der Waals surface area contributed by atoms with Gasteiger partial charge in [0.15, 0.2) is 0 Å². The van der Waals surface area contributed by atoms with Crippen LogP contribution in [0.4, 0.5) is 5.82 Å². The van der Waals surface area contributed by atoms with Crippen LogP contribution in [0.5, 0.6) is 0 Å². The van der Waals surface area contributed by atoms with Crippen molar-refractivity contribution in [3.8, 4) is 0 Å². The number of benzene rings is 1. The van der Waals surface area contributed by atoms with E-state index < -0.39 is 0 Å². The van der Waals surface area contributed by atoms with Crippen molar-refractivity contribution >= 4 is 33.3 Å². The Bertz CT molecular complexity index is 577. The summed E-state index contributed by atoms with van der Waals surface area (Å²) in [6.45, 7) is 0.580. The number of aromatic nitrogens is 1. The van der Waals surface area contributed by atoms with Crippen molar-refractivity contribution in [3.05, 3.63) is 57.2 Å². The molecule has 2 aromatic rings. The van der Waals surface area contributed by atoms with Gasteiger partial charge in [0.2, 0.25) is 0 Å². The van der Waals surface area contributed by atoms with Crippen LogP contribution in [0.25, 0.3) is 0 Å². The minimum atomic E-state index is -0.155. The molecule has 19 heavy (non-hydrogen) atoms. The van der Waals surface area contributed by atoms with Crippen LogP contribution in [0.2, 0.25) is 5.02 Å². The average Bonchev–Trinajstić information content (AvgIpc) is 2.39. The van der Waals surface area contributed by atoms with Crippen molar-refractivity contribution < 1.29 is 5.11 Å². The van der Waals surface area contributed by atoms with Gasteiger partial charge in [-0.2, -0.15) is 0 Å². The zero-order valence-electron chi connectivity index (χ0n) is 10.5. The number of hydrogen-bond acceptors (Lipinski definition) is 3. The number of nitrogens with zero attached hydrogens (tertiary/aromatic N) is 2. The number of aliphatic hydroxyl groups excluding tert-OH is 1. The second kappa shape index (κ2) is 6.37. The van der Waals surface area contributed by atoms with Crippen LogP contribution in [0.1, 0.15) is 11.3 Å². The maximum Gasteiger partial charge on any atom is 0.129 e. The Morgan fingerprint density at radius 2 is 2.11 bits per heavy atom. The van der Waals surface area contributed by atoms with Gasteiger partial charge < -0.3 is 10.0 Å². The van der Waals surface area contributed by atoms with Crippen molar-refractivity contribution in [2.24, 2.45) is 0 Å². The monoisotopic (exact) mass is 340 g/mol. The second-order valence-electron chi connectivity index (χ2n) is 4.24. The summed E-state index contributed by atoms with van der Waals surface area (Å²) in [7, 11) is 1.96. The predicted molar refractivity (Wildman–Crippen MR) is 81.4 cm³/mol. The SMILES string of the molecule is CN(Cc1cccc(Br)c1)c1ccc(Cl)c(CO)n1. The molecule has 0 bridgehead atoms.